The van der Waals surface area contributed by atoms with Crippen molar-refractivity contribution in [1.29, 1.82) is 0 Å². The number of hydrogen-bond acceptors (Lipinski definition) is 4. The van der Waals surface area contributed by atoms with Gasteiger partial charge in [-0.2, -0.15) is 0 Å². The van der Waals surface area contributed by atoms with Crippen LogP contribution in [-0.4, -0.2) is 46.1 Å². The summed E-state index contributed by atoms with van der Waals surface area (Å²) in [4.78, 5) is 12.5. The number of carbonyl (C=O) groups is 1. The number of carbonyl (C=O) groups excluding carboxylic acids is 1. The molecule has 0 aliphatic carbocycles. The first-order chi connectivity index (χ1) is 30.1. The molecule has 0 heterocycles. The average molecular weight is 860 g/mol. The van der Waals surface area contributed by atoms with Crippen molar-refractivity contribution < 1.29 is 20.1 Å². The van der Waals surface area contributed by atoms with Gasteiger partial charge in [-0.05, 0) is 44.9 Å². The minimum atomic E-state index is -1.10. The van der Waals surface area contributed by atoms with Crippen LogP contribution in [0.4, 0.5) is 0 Å². The summed E-state index contributed by atoms with van der Waals surface area (Å²) in [5.74, 6) is -0.503. The normalized spacial score (nSPS) is 13.5. The Morgan fingerprint density at radius 1 is 0.393 bits per heavy atom. The number of hydrogen-bond donors (Lipinski definition) is 4. The fraction of sp³-hybridized carbons (Fsp3) is 0.911. The van der Waals surface area contributed by atoms with Gasteiger partial charge in [0, 0.05) is 0 Å². The highest BCUT2D eigenvalue weighted by Crippen LogP contribution is 2.17. The molecule has 0 radical (unpaired) electrons. The molecule has 0 saturated carbocycles. The Hall–Kier alpha value is -1.17. The predicted octanol–water partition coefficient (Wildman–Crippen LogP) is 16.9. The van der Waals surface area contributed by atoms with Gasteiger partial charge in [0.15, 0.2) is 0 Å². The summed E-state index contributed by atoms with van der Waals surface area (Å²) in [5, 5.41) is 33.4. The zero-order valence-corrected chi connectivity index (χ0v) is 41.3. The summed E-state index contributed by atoms with van der Waals surface area (Å²) in [6.45, 7) is 4.22. The van der Waals surface area contributed by atoms with E-state index < -0.39 is 24.2 Å². The highest BCUT2D eigenvalue weighted by Gasteiger charge is 2.22. The third-order valence-corrected chi connectivity index (χ3v) is 13.0. The van der Waals surface area contributed by atoms with Gasteiger partial charge in [-0.3, -0.25) is 4.79 Å². The molecule has 0 aliphatic rings. The van der Waals surface area contributed by atoms with Crippen molar-refractivity contribution in [3.63, 3.8) is 0 Å². The first kappa shape index (κ1) is 59.8. The van der Waals surface area contributed by atoms with Gasteiger partial charge in [0.05, 0.1) is 18.8 Å². The molecular formula is C56H109NO4. The lowest BCUT2D eigenvalue weighted by atomic mass is 10.0. The van der Waals surface area contributed by atoms with E-state index >= 15 is 0 Å². The molecule has 0 aromatic heterocycles. The van der Waals surface area contributed by atoms with E-state index in [1.807, 2.05) is 6.08 Å². The molecule has 3 unspecified atom stereocenters. The molecule has 0 spiro atoms. The molecule has 0 aromatic carbocycles. The molecule has 5 heteroatoms. The predicted molar refractivity (Wildman–Crippen MR) is 268 cm³/mol. The lowest BCUT2D eigenvalue weighted by molar-refractivity contribution is -0.131. The lowest BCUT2D eigenvalue weighted by Crippen LogP contribution is -2.48. The maximum atomic E-state index is 12.5. The second-order valence-corrected chi connectivity index (χ2v) is 19.1. The molecule has 0 saturated heterocycles. The molecule has 0 aliphatic heterocycles. The highest BCUT2D eigenvalue weighted by atomic mass is 16.3. The molecule has 4 N–H and O–H groups in total. The van der Waals surface area contributed by atoms with Crippen molar-refractivity contribution in [2.45, 2.75) is 321 Å². The summed E-state index contributed by atoms with van der Waals surface area (Å²) in [7, 11) is 0. The van der Waals surface area contributed by atoms with E-state index in [0.29, 0.717) is 6.42 Å². The topological polar surface area (TPSA) is 89.8 Å². The number of allylic oxidation sites excluding steroid dienone is 3. The molecule has 0 aromatic rings. The molecule has 0 rings (SSSR count). The molecule has 0 bridgehead atoms. The SMILES string of the molecule is CCCCCCCCCCCCCC/C=C\CCCCCCCCC(O)C(=O)NC(CO)C(O)/C=C/CCCCCCCCCCCCCCCCCCCCCCCCC. The molecule has 5 nitrogen and oxygen atoms in total. The van der Waals surface area contributed by atoms with Crippen LogP contribution >= 0.6 is 0 Å². The largest absolute Gasteiger partial charge is 0.394 e. The van der Waals surface area contributed by atoms with E-state index in [0.717, 1.165) is 32.1 Å². The van der Waals surface area contributed by atoms with Crippen LogP contribution in [0, 0.1) is 0 Å². The number of aliphatic hydroxyl groups is 3. The van der Waals surface area contributed by atoms with Gasteiger partial charge >= 0.3 is 0 Å². The van der Waals surface area contributed by atoms with Gasteiger partial charge in [-0.1, -0.05) is 282 Å². The Morgan fingerprint density at radius 3 is 0.951 bits per heavy atom. The second-order valence-electron chi connectivity index (χ2n) is 19.1. The average Bonchev–Trinajstić information content (AvgIpc) is 3.26. The number of nitrogens with one attached hydrogen (secondary N) is 1. The summed E-state index contributed by atoms with van der Waals surface area (Å²) in [6, 6.07) is -0.800. The van der Waals surface area contributed by atoms with Gasteiger partial charge in [0.2, 0.25) is 5.91 Å². The number of rotatable bonds is 51. The molecule has 3 atom stereocenters. The standard InChI is InChI=1S/C56H109NO4/c1-3-5-7-9-11-13-15-17-19-21-23-25-27-28-29-31-32-34-36-38-40-42-44-46-48-50-54(59)53(52-58)57-56(61)55(60)51-49-47-45-43-41-39-37-35-33-30-26-24-22-20-18-16-14-12-10-8-6-4-2/h33,35,48,50,53-55,58-60H,3-32,34,36-47,49,51-52H2,1-2H3,(H,57,61)/b35-33-,50-48+. The summed E-state index contributed by atoms with van der Waals surface area (Å²) in [5.41, 5.74) is 0. The number of aliphatic hydroxyl groups excluding tert-OH is 3. The molecule has 1 amide bonds. The van der Waals surface area contributed by atoms with Crippen LogP contribution in [0.5, 0.6) is 0 Å². The summed E-state index contributed by atoms with van der Waals surface area (Å²) < 4.78 is 0. The van der Waals surface area contributed by atoms with Crippen molar-refractivity contribution in [3.8, 4) is 0 Å². The monoisotopic (exact) mass is 860 g/mol. The minimum Gasteiger partial charge on any atom is -0.394 e. The first-order valence-electron chi connectivity index (χ1n) is 27.7. The van der Waals surface area contributed by atoms with Gasteiger partial charge in [-0.25, -0.2) is 0 Å². The van der Waals surface area contributed by atoms with E-state index in [2.05, 4.69) is 31.3 Å². The van der Waals surface area contributed by atoms with Crippen molar-refractivity contribution in [2.75, 3.05) is 6.61 Å². The van der Waals surface area contributed by atoms with E-state index in [9.17, 15) is 20.1 Å². The number of amides is 1. The Balaban J connectivity index is 3.58. The van der Waals surface area contributed by atoms with E-state index in [-0.39, 0.29) is 6.61 Å². The van der Waals surface area contributed by atoms with Crippen molar-refractivity contribution in [1.82, 2.24) is 5.32 Å². The molecule has 0 fully saturated rings. The van der Waals surface area contributed by atoms with E-state index in [1.165, 1.54) is 250 Å². The summed E-state index contributed by atoms with van der Waals surface area (Å²) >= 11 is 0. The lowest BCUT2D eigenvalue weighted by Gasteiger charge is -2.21. The van der Waals surface area contributed by atoms with Crippen LogP contribution in [0.2, 0.25) is 0 Å². The van der Waals surface area contributed by atoms with Crippen LogP contribution in [-0.2, 0) is 4.79 Å². The molecule has 61 heavy (non-hydrogen) atoms. The van der Waals surface area contributed by atoms with Crippen LogP contribution in [0.1, 0.15) is 303 Å². The fourth-order valence-electron chi connectivity index (χ4n) is 8.71. The first-order valence-corrected chi connectivity index (χ1v) is 27.7. The Morgan fingerprint density at radius 2 is 0.656 bits per heavy atom. The molecule has 362 valence electrons. The quantitative estimate of drug-likeness (QED) is 0.0362. The number of unbranched alkanes of at least 4 members (excludes halogenated alkanes) is 41. The molecular weight excluding hydrogens is 751 g/mol. The third-order valence-electron chi connectivity index (χ3n) is 13.0. The van der Waals surface area contributed by atoms with Crippen LogP contribution in [0.3, 0.4) is 0 Å². The zero-order chi connectivity index (χ0) is 44.4. The van der Waals surface area contributed by atoms with Gasteiger partial charge in [0.1, 0.15) is 6.10 Å². The van der Waals surface area contributed by atoms with Gasteiger partial charge < -0.3 is 20.6 Å². The van der Waals surface area contributed by atoms with Gasteiger partial charge in [-0.15, -0.1) is 0 Å². The minimum absolute atomic E-state index is 0.363. The van der Waals surface area contributed by atoms with Crippen molar-refractivity contribution in [2.24, 2.45) is 0 Å². The Labute approximate surface area is 382 Å². The fourth-order valence-corrected chi connectivity index (χ4v) is 8.71. The van der Waals surface area contributed by atoms with E-state index in [1.54, 1.807) is 6.08 Å². The van der Waals surface area contributed by atoms with Crippen LogP contribution < -0.4 is 5.32 Å². The smallest absolute Gasteiger partial charge is 0.249 e. The van der Waals surface area contributed by atoms with Crippen LogP contribution in [0.25, 0.3) is 0 Å². The van der Waals surface area contributed by atoms with Crippen molar-refractivity contribution in [3.05, 3.63) is 24.3 Å². The summed E-state index contributed by atoms with van der Waals surface area (Å²) in [6.07, 6.45) is 65.4. The Bertz CT molecular complexity index is 905. The second kappa shape index (κ2) is 51.5. The Kier molecular flexibility index (Phi) is 50.5. The van der Waals surface area contributed by atoms with Crippen LogP contribution in [0.15, 0.2) is 24.3 Å². The zero-order valence-electron chi connectivity index (χ0n) is 41.3. The van der Waals surface area contributed by atoms with Crippen molar-refractivity contribution >= 4 is 5.91 Å². The highest BCUT2D eigenvalue weighted by molar-refractivity contribution is 5.80. The van der Waals surface area contributed by atoms with Gasteiger partial charge in [0.25, 0.3) is 0 Å². The maximum absolute atomic E-state index is 12.5. The van der Waals surface area contributed by atoms with E-state index in [4.69, 9.17) is 0 Å². The maximum Gasteiger partial charge on any atom is 0.249 e. The third kappa shape index (κ3) is 46.6.